The lowest BCUT2D eigenvalue weighted by Gasteiger charge is -2.01. The molecule has 0 unspecified atom stereocenters. The van der Waals surface area contributed by atoms with Gasteiger partial charge >= 0.3 is 0 Å². The number of fused-ring (bicyclic) bond motifs is 1. The van der Waals surface area contributed by atoms with Crippen molar-refractivity contribution in [2.45, 2.75) is 0 Å². The molecule has 2 N–H and O–H groups in total. The van der Waals surface area contributed by atoms with E-state index >= 15 is 0 Å². The summed E-state index contributed by atoms with van der Waals surface area (Å²) in [6, 6.07) is 10.6. The van der Waals surface area contributed by atoms with E-state index in [1.807, 2.05) is 18.2 Å². The number of phenols is 2. The van der Waals surface area contributed by atoms with Crippen LogP contribution in [0.4, 0.5) is 0 Å². The van der Waals surface area contributed by atoms with E-state index in [9.17, 15) is 5.11 Å². The van der Waals surface area contributed by atoms with Crippen LogP contribution in [0.3, 0.4) is 0 Å². The Morgan fingerprint density at radius 2 is 1.54 bits per heavy atom. The summed E-state index contributed by atoms with van der Waals surface area (Å²) >= 11 is 0. The minimum atomic E-state index is -0.0753. The van der Waals surface area contributed by atoms with E-state index in [1.54, 1.807) is 12.1 Å². The second-order valence-corrected chi connectivity index (χ2v) is 2.65. The quantitative estimate of drug-likeness (QED) is 0.599. The molecule has 0 heterocycles. The third-order valence-corrected chi connectivity index (χ3v) is 1.88. The first-order valence-corrected chi connectivity index (χ1v) is 3.69. The van der Waals surface area contributed by atoms with Gasteiger partial charge < -0.3 is 10.2 Å². The van der Waals surface area contributed by atoms with Crippen LogP contribution in [0.2, 0.25) is 0 Å². The highest BCUT2D eigenvalue weighted by Crippen LogP contribution is 2.32. The fraction of sp³-hybridized carbons (Fsp3) is 0. The molecule has 2 aromatic carbocycles. The molecule has 0 spiro atoms. The highest BCUT2D eigenvalue weighted by molar-refractivity contribution is 5.90. The molecule has 2 aromatic rings. The Morgan fingerprint density at radius 3 is 2.31 bits per heavy atom. The van der Waals surface area contributed by atoms with E-state index < -0.39 is 0 Å². The lowest BCUT2D eigenvalue weighted by Crippen LogP contribution is -1.73. The molecular weight excluding hydrogens is 164 g/mol. The topological polar surface area (TPSA) is 40.5 Å². The maximum Gasteiger partial charge on any atom is 0.165 e. The summed E-state index contributed by atoms with van der Waals surface area (Å²) in [4.78, 5) is 0. The van der Waals surface area contributed by atoms with Crippen molar-refractivity contribution < 1.29 is 10.2 Å². The minimum absolute atomic E-state index is 0. The van der Waals surface area contributed by atoms with E-state index in [4.69, 9.17) is 5.11 Å². The second-order valence-electron chi connectivity index (χ2n) is 2.65. The summed E-state index contributed by atoms with van der Waals surface area (Å²) in [5.41, 5.74) is 0. The lowest BCUT2D eigenvalue weighted by atomic mass is 10.1. The molecule has 0 aliphatic heterocycles. The molecule has 4 radical (unpaired) electrons. The third kappa shape index (κ3) is 1.43. The summed E-state index contributed by atoms with van der Waals surface area (Å²) in [6.45, 7) is 0. The van der Waals surface area contributed by atoms with Gasteiger partial charge in [0.1, 0.15) is 0 Å². The maximum atomic E-state index is 9.41. The minimum Gasteiger partial charge on any atom is -0.504 e. The van der Waals surface area contributed by atoms with Crippen LogP contribution >= 0.6 is 0 Å². The molecule has 2 rings (SSSR count). The van der Waals surface area contributed by atoms with Crippen LogP contribution < -0.4 is 0 Å². The lowest BCUT2D eigenvalue weighted by molar-refractivity contribution is 0.408. The number of aromatic hydroxyl groups is 2. The molecule has 13 heavy (non-hydrogen) atoms. The van der Waals surface area contributed by atoms with E-state index in [2.05, 4.69) is 0 Å². The van der Waals surface area contributed by atoms with Crippen LogP contribution in [0.25, 0.3) is 10.8 Å². The van der Waals surface area contributed by atoms with Crippen molar-refractivity contribution in [1.29, 1.82) is 0 Å². The standard InChI is InChI=1S/C10H8O2.C/c11-9-6-5-7-3-1-2-4-8(7)10(9)12;/h1-6,11-12H;. The van der Waals surface area contributed by atoms with Crippen molar-refractivity contribution in [3.8, 4) is 11.5 Å². The summed E-state index contributed by atoms with van der Waals surface area (Å²) in [5.74, 6) is -0.123. The summed E-state index contributed by atoms with van der Waals surface area (Å²) in [6.07, 6.45) is 0. The smallest absolute Gasteiger partial charge is 0.165 e. The Labute approximate surface area is 77.1 Å². The Hall–Kier alpha value is -1.70. The van der Waals surface area contributed by atoms with Gasteiger partial charge in [0.05, 0.1) is 0 Å². The number of phenolic OH excluding ortho intramolecular Hbond substituents is 2. The van der Waals surface area contributed by atoms with Gasteiger partial charge in [-0.3, -0.25) is 0 Å². The van der Waals surface area contributed by atoms with Gasteiger partial charge in [0.15, 0.2) is 11.5 Å². The van der Waals surface area contributed by atoms with Crippen LogP contribution in [-0.2, 0) is 0 Å². The van der Waals surface area contributed by atoms with E-state index in [0.717, 1.165) is 5.39 Å². The van der Waals surface area contributed by atoms with Crippen molar-refractivity contribution in [3.05, 3.63) is 43.8 Å². The molecule has 0 saturated carbocycles. The SMILES string of the molecule is Oc1ccc2ccccc2c1O.[C]. The molecule has 0 aromatic heterocycles. The molecule has 0 aliphatic rings. The van der Waals surface area contributed by atoms with Gasteiger partial charge in [-0.2, -0.15) is 0 Å². The van der Waals surface area contributed by atoms with Crippen molar-refractivity contribution in [2.24, 2.45) is 0 Å². The molecule has 0 aliphatic carbocycles. The highest BCUT2D eigenvalue weighted by atomic mass is 16.3. The van der Waals surface area contributed by atoms with Crippen molar-refractivity contribution in [1.82, 2.24) is 0 Å². The zero-order chi connectivity index (χ0) is 8.55. The van der Waals surface area contributed by atoms with Crippen LogP contribution in [0.1, 0.15) is 0 Å². The van der Waals surface area contributed by atoms with Crippen molar-refractivity contribution >= 4 is 10.8 Å². The highest BCUT2D eigenvalue weighted by Gasteiger charge is 2.02. The molecule has 0 atom stereocenters. The Kier molecular flexibility index (Phi) is 2.42. The number of benzene rings is 2. The fourth-order valence-electron chi connectivity index (χ4n) is 1.24. The van der Waals surface area contributed by atoms with Crippen LogP contribution in [-0.4, -0.2) is 10.2 Å². The average Bonchev–Trinajstić information content (AvgIpc) is 2.12. The van der Waals surface area contributed by atoms with E-state index in [-0.39, 0.29) is 18.9 Å². The van der Waals surface area contributed by atoms with Gasteiger partial charge in [0, 0.05) is 12.8 Å². The molecule has 2 heteroatoms. The van der Waals surface area contributed by atoms with E-state index in [0.29, 0.717) is 5.39 Å². The molecular formula is C11H8O2. The largest absolute Gasteiger partial charge is 0.504 e. The van der Waals surface area contributed by atoms with E-state index in [1.165, 1.54) is 6.07 Å². The molecule has 0 amide bonds. The van der Waals surface area contributed by atoms with Crippen LogP contribution in [0, 0.1) is 7.43 Å². The summed E-state index contributed by atoms with van der Waals surface area (Å²) in [7, 11) is 0. The van der Waals surface area contributed by atoms with Gasteiger partial charge in [0.25, 0.3) is 0 Å². The number of hydrogen-bond acceptors (Lipinski definition) is 2. The normalized spacial score (nSPS) is 9.54. The summed E-state index contributed by atoms with van der Waals surface area (Å²) < 4.78 is 0. The zero-order valence-electron chi connectivity index (χ0n) is 6.86. The Balaban J connectivity index is 0.000000845. The number of rotatable bonds is 0. The van der Waals surface area contributed by atoms with Crippen LogP contribution in [0.5, 0.6) is 11.5 Å². The molecule has 2 nitrogen and oxygen atoms in total. The maximum absolute atomic E-state index is 9.41. The van der Waals surface area contributed by atoms with Gasteiger partial charge in [-0.1, -0.05) is 30.3 Å². The third-order valence-electron chi connectivity index (χ3n) is 1.88. The predicted molar refractivity (Wildman–Crippen MR) is 50.5 cm³/mol. The summed E-state index contributed by atoms with van der Waals surface area (Å²) in [5, 5.41) is 20.2. The van der Waals surface area contributed by atoms with Gasteiger partial charge in [-0.25, -0.2) is 0 Å². The monoisotopic (exact) mass is 172 g/mol. The molecule has 64 valence electrons. The zero-order valence-corrected chi connectivity index (χ0v) is 6.86. The number of hydrogen-bond donors (Lipinski definition) is 2. The first kappa shape index (κ1) is 9.39. The molecule has 0 fully saturated rings. The average molecular weight is 172 g/mol. The predicted octanol–water partition coefficient (Wildman–Crippen LogP) is 2.33. The Morgan fingerprint density at radius 1 is 0.846 bits per heavy atom. The van der Waals surface area contributed by atoms with Gasteiger partial charge in [-0.05, 0) is 11.5 Å². The second kappa shape index (κ2) is 3.35. The molecule has 0 bridgehead atoms. The van der Waals surface area contributed by atoms with Crippen LogP contribution in [0.15, 0.2) is 36.4 Å². The van der Waals surface area contributed by atoms with Gasteiger partial charge in [-0.15, -0.1) is 0 Å². The Bertz CT molecular complexity index is 421. The first-order chi connectivity index (χ1) is 5.79. The fourth-order valence-corrected chi connectivity index (χ4v) is 1.24. The van der Waals surface area contributed by atoms with Crippen molar-refractivity contribution in [2.75, 3.05) is 0 Å². The van der Waals surface area contributed by atoms with Gasteiger partial charge in [0.2, 0.25) is 0 Å². The molecule has 0 saturated heterocycles. The van der Waals surface area contributed by atoms with Crippen molar-refractivity contribution in [3.63, 3.8) is 0 Å². The first-order valence-electron chi connectivity index (χ1n) is 3.69.